The van der Waals surface area contributed by atoms with Gasteiger partial charge in [0.15, 0.2) is 11.5 Å². The molecule has 8 heteroatoms. The van der Waals surface area contributed by atoms with Gasteiger partial charge >= 0.3 is 6.03 Å². The zero-order valence-corrected chi connectivity index (χ0v) is 17.8. The number of nitrogens with zero attached hydrogens (tertiary/aromatic N) is 1. The molecule has 0 aliphatic carbocycles. The molecule has 2 amide bonds. The fourth-order valence-electron chi connectivity index (χ4n) is 4.06. The van der Waals surface area contributed by atoms with Crippen molar-refractivity contribution in [3.05, 3.63) is 63.9 Å². The topological polar surface area (TPSA) is 92.9 Å². The Morgan fingerprint density at radius 1 is 1.16 bits per heavy atom. The third kappa shape index (κ3) is 4.27. The number of urea groups is 1. The van der Waals surface area contributed by atoms with E-state index in [2.05, 4.69) is 10.3 Å². The van der Waals surface area contributed by atoms with Crippen LogP contribution in [0.15, 0.2) is 47.3 Å². The molecular formula is C24H25N3O5. The summed E-state index contributed by atoms with van der Waals surface area (Å²) in [5, 5.41) is 3.76. The van der Waals surface area contributed by atoms with Crippen LogP contribution in [-0.2, 0) is 11.3 Å². The SMILES string of the molecule is Cc1ccc(NC(=O)N(Cc2cc3cc4c(cc3[nH]c2=O)OCO4)C[C@H]2CCCO2)cc1. The van der Waals surface area contributed by atoms with E-state index in [-0.39, 0.29) is 31.0 Å². The number of hydrogen-bond donors (Lipinski definition) is 2. The highest BCUT2D eigenvalue weighted by Gasteiger charge is 2.24. The Labute approximate surface area is 185 Å². The Bertz CT molecular complexity index is 1200. The van der Waals surface area contributed by atoms with E-state index in [1.54, 1.807) is 17.0 Å². The number of rotatable bonds is 5. The van der Waals surface area contributed by atoms with Gasteiger partial charge in [-0.25, -0.2) is 4.79 Å². The van der Waals surface area contributed by atoms with E-state index in [0.29, 0.717) is 41.4 Å². The summed E-state index contributed by atoms with van der Waals surface area (Å²) in [6, 6.07) is 12.8. The van der Waals surface area contributed by atoms with Gasteiger partial charge in [-0.05, 0) is 44.0 Å². The van der Waals surface area contributed by atoms with E-state index in [4.69, 9.17) is 14.2 Å². The molecule has 0 saturated carbocycles. The predicted molar refractivity (Wildman–Crippen MR) is 120 cm³/mol. The zero-order chi connectivity index (χ0) is 22.1. The second-order valence-corrected chi connectivity index (χ2v) is 8.23. The number of benzene rings is 2. The van der Waals surface area contributed by atoms with E-state index in [9.17, 15) is 9.59 Å². The molecule has 2 aromatic carbocycles. The highest BCUT2D eigenvalue weighted by atomic mass is 16.7. The molecule has 2 N–H and O–H groups in total. The van der Waals surface area contributed by atoms with Gasteiger partial charge in [0.1, 0.15) is 0 Å². The summed E-state index contributed by atoms with van der Waals surface area (Å²) in [4.78, 5) is 30.5. The van der Waals surface area contributed by atoms with Gasteiger partial charge in [0.2, 0.25) is 6.79 Å². The first-order valence-corrected chi connectivity index (χ1v) is 10.7. The minimum Gasteiger partial charge on any atom is -0.454 e. The fraction of sp³-hybridized carbons (Fsp3) is 0.333. The van der Waals surface area contributed by atoms with Crippen molar-refractivity contribution in [2.45, 2.75) is 32.4 Å². The maximum atomic E-state index is 13.1. The highest BCUT2D eigenvalue weighted by Crippen LogP contribution is 2.35. The van der Waals surface area contributed by atoms with Crippen molar-refractivity contribution in [1.82, 2.24) is 9.88 Å². The summed E-state index contributed by atoms with van der Waals surface area (Å²) in [6.45, 7) is 3.43. The number of pyridine rings is 1. The van der Waals surface area contributed by atoms with Gasteiger partial charge in [0, 0.05) is 35.9 Å². The van der Waals surface area contributed by atoms with Crippen LogP contribution < -0.4 is 20.3 Å². The molecule has 166 valence electrons. The number of ether oxygens (including phenoxy) is 3. The number of anilines is 1. The number of hydrogen-bond acceptors (Lipinski definition) is 5. The van der Waals surface area contributed by atoms with Crippen molar-refractivity contribution in [2.75, 3.05) is 25.3 Å². The number of aromatic nitrogens is 1. The Balaban J connectivity index is 1.42. The molecule has 3 aromatic rings. The molecule has 0 radical (unpaired) electrons. The molecule has 3 heterocycles. The lowest BCUT2D eigenvalue weighted by Crippen LogP contribution is -2.40. The van der Waals surface area contributed by atoms with Crippen LogP contribution in [0, 0.1) is 6.92 Å². The van der Waals surface area contributed by atoms with Gasteiger partial charge < -0.3 is 29.4 Å². The summed E-state index contributed by atoms with van der Waals surface area (Å²) in [5.74, 6) is 1.25. The monoisotopic (exact) mass is 435 g/mol. The number of carbonyl (C=O) groups excluding carboxylic acids is 1. The normalized spacial score (nSPS) is 17.0. The summed E-state index contributed by atoms with van der Waals surface area (Å²) < 4.78 is 16.6. The van der Waals surface area contributed by atoms with Crippen LogP contribution in [0.1, 0.15) is 24.0 Å². The van der Waals surface area contributed by atoms with Crippen molar-refractivity contribution in [2.24, 2.45) is 0 Å². The van der Waals surface area contributed by atoms with Crippen LogP contribution >= 0.6 is 0 Å². The molecule has 8 nitrogen and oxygen atoms in total. The van der Waals surface area contributed by atoms with Gasteiger partial charge in [-0.3, -0.25) is 4.79 Å². The van der Waals surface area contributed by atoms with Gasteiger partial charge in [-0.2, -0.15) is 0 Å². The molecule has 1 saturated heterocycles. The number of H-pyrrole nitrogens is 1. The summed E-state index contributed by atoms with van der Waals surface area (Å²) in [6.07, 6.45) is 1.83. The minimum absolute atomic E-state index is 0.0351. The number of nitrogens with one attached hydrogen (secondary N) is 2. The molecule has 1 atom stereocenters. The van der Waals surface area contributed by atoms with Crippen LogP contribution in [0.5, 0.6) is 11.5 Å². The molecule has 0 unspecified atom stereocenters. The van der Waals surface area contributed by atoms with Crippen LogP contribution in [-0.4, -0.2) is 42.0 Å². The lowest BCUT2D eigenvalue weighted by atomic mass is 10.1. The third-order valence-corrected chi connectivity index (χ3v) is 5.81. The van der Waals surface area contributed by atoms with Crippen molar-refractivity contribution in [3.63, 3.8) is 0 Å². The first kappa shape index (κ1) is 20.4. The van der Waals surface area contributed by atoms with E-state index in [0.717, 1.165) is 23.8 Å². The van der Waals surface area contributed by atoms with Crippen molar-refractivity contribution in [1.29, 1.82) is 0 Å². The summed E-state index contributed by atoms with van der Waals surface area (Å²) in [5.41, 5.74) is 2.74. The van der Waals surface area contributed by atoms with E-state index in [1.807, 2.05) is 37.3 Å². The largest absolute Gasteiger partial charge is 0.454 e. The van der Waals surface area contributed by atoms with Gasteiger partial charge in [-0.1, -0.05) is 17.7 Å². The first-order valence-electron chi connectivity index (χ1n) is 10.7. The standard InChI is InChI=1S/C24H25N3O5/c1-15-4-6-18(7-5-15)25-24(29)27(13-19-3-2-8-30-19)12-17-9-16-10-21-22(32-14-31-21)11-20(16)26-23(17)28/h4-7,9-11,19H,2-3,8,12-14H2,1H3,(H,25,29)(H,26,28)/t19-/m1/s1. The van der Waals surface area contributed by atoms with E-state index in [1.165, 1.54) is 0 Å². The van der Waals surface area contributed by atoms with Gasteiger partial charge in [0.25, 0.3) is 5.56 Å². The van der Waals surface area contributed by atoms with Gasteiger partial charge in [-0.15, -0.1) is 0 Å². The maximum Gasteiger partial charge on any atom is 0.322 e. The van der Waals surface area contributed by atoms with Crippen LogP contribution in [0.25, 0.3) is 10.9 Å². The summed E-state index contributed by atoms with van der Waals surface area (Å²) in [7, 11) is 0. The smallest absolute Gasteiger partial charge is 0.322 e. The Morgan fingerprint density at radius 2 is 1.94 bits per heavy atom. The lowest BCUT2D eigenvalue weighted by Gasteiger charge is -2.25. The second-order valence-electron chi connectivity index (χ2n) is 8.23. The number of amides is 2. The Morgan fingerprint density at radius 3 is 2.69 bits per heavy atom. The minimum atomic E-state index is -0.269. The van der Waals surface area contributed by atoms with Crippen molar-refractivity contribution < 1.29 is 19.0 Å². The van der Waals surface area contributed by atoms with Crippen molar-refractivity contribution in [3.8, 4) is 11.5 Å². The molecule has 0 bridgehead atoms. The molecule has 2 aliphatic heterocycles. The average molecular weight is 435 g/mol. The number of carbonyl (C=O) groups is 1. The maximum absolute atomic E-state index is 13.1. The zero-order valence-electron chi connectivity index (χ0n) is 17.8. The predicted octanol–water partition coefficient (Wildman–Crippen LogP) is 3.78. The highest BCUT2D eigenvalue weighted by molar-refractivity contribution is 5.89. The average Bonchev–Trinajstić information content (AvgIpc) is 3.45. The summed E-state index contributed by atoms with van der Waals surface area (Å²) >= 11 is 0. The first-order chi connectivity index (χ1) is 15.5. The molecule has 1 aromatic heterocycles. The van der Waals surface area contributed by atoms with Gasteiger partial charge in [0.05, 0.1) is 18.2 Å². The van der Waals surface area contributed by atoms with Crippen LogP contribution in [0.4, 0.5) is 10.5 Å². The molecular weight excluding hydrogens is 410 g/mol. The number of fused-ring (bicyclic) bond motifs is 2. The molecule has 5 rings (SSSR count). The van der Waals surface area contributed by atoms with Crippen LogP contribution in [0.2, 0.25) is 0 Å². The molecule has 32 heavy (non-hydrogen) atoms. The Hall–Kier alpha value is -3.52. The number of aromatic amines is 1. The number of aryl methyl sites for hydroxylation is 1. The fourth-order valence-corrected chi connectivity index (χ4v) is 4.06. The van der Waals surface area contributed by atoms with E-state index >= 15 is 0 Å². The molecule has 1 fully saturated rings. The molecule has 0 spiro atoms. The quantitative estimate of drug-likeness (QED) is 0.636. The lowest BCUT2D eigenvalue weighted by molar-refractivity contribution is 0.0818. The van der Waals surface area contributed by atoms with E-state index < -0.39 is 0 Å². The second kappa shape index (κ2) is 8.55. The van der Waals surface area contributed by atoms with Crippen LogP contribution in [0.3, 0.4) is 0 Å². The third-order valence-electron chi connectivity index (χ3n) is 5.81. The molecule has 2 aliphatic rings. The van der Waals surface area contributed by atoms with Crippen molar-refractivity contribution >= 4 is 22.6 Å². The Kier molecular flexibility index (Phi) is 5.45.